The molecule has 0 aromatic carbocycles. The number of amides is 1. The largest absolute Gasteiger partial charge is 0.479 e. The number of carboxylic acid groups (broad SMARTS) is 1. The smallest absolute Gasteiger partial charge is 0.331 e. The molecule has 12 heavy (non-hydrogen) atoms. The number of aromatic nitrogens is 1. The van der Waals surface area contributed by atoms with Crippen LogP contribution >= 0.6 is 11.3 Å². The van der Waals surface area contributed by atoms with Gasteiger partial charge in [0.25, 0.3) is 0 Å². The summed E-state index contributed by atoms with van der Waals surface area (Å²) in [6.45, 7) is 0. The Bertz CT molecular complexity index is 272. The number of carbonyl (C=O) groups is 2. The molecule has 1 rings (SSSR count). The van der Waals surface area contributed by atoms with Gasteiger partial charge in [0, 0.05) is 6.20 Å². The van der Waals surface area contributed by atoms with Gasteiger partial charge in [0.1, 0.15) is 0 Å². The molecular weight excluding hydrogens is 180 g/mol. The van der Waals surface area contributed by atoms with E-state index in [9.17, 15) is 9.59 Å². The van der Waals surface area contributed by atoms with Gasteiger partial charge in [0.15, 0.2) is 6.04 Å². The maximum absolute atomic E-state index is 10.5. The Morgan fingerprint density at radius 1 is 1.83 bits per heavy atom. The third kappa shape index (κ3) is 1.79. The van der Waals surface area contributed by atoms with Crippen molar-refractivity contribution >= 4 is 23.7 Å². The highest BCUT2D eigenvalue weighted by Gasteiger charge is 2.19. The van der Waals surface area contributed by atoms with E-state index in [1.165, 1.54) is 23.0 Å². The second-order valence-electron chi connectivity index (χ2n) is 1.96. The fourth-order valence-electron chi connectivity index (χ4n) is 0.711. The monoisotopic (exact) mass is 186 g/mol. The van der Waals surface area contributed by atoms with Crippen LogP contribution in [0.4, 0.5) is 0 Å². The summed E-state index contributed by atoms with van der Waals surface area (Å²) < 4.78 is 0. The Kier molecular flexibility index (Phi) is 2.76. The lowest BCUT2D eigenvalue weighted by Gasteiger charge is -2.06. The number of carboxylic acids is 1. The van der Waals surface area contributed by atoms with Crippen LogP contribution in [0.5, 0.6) is 0 Å². The molecule has 0 bridgehead atoms. The number of nitrogens with one attached hydrogen (secondary N) is 1. The zero-order chi connectivity index (χ0) is 8.97. The van der Waals surface area contributed by atoms with E-state index in [2.05, 4.69) is 10.3 Å². The van der Waals surface area contributed by atoms with Crippen LogP contribution in [0, 0.1) is 0 Å². The van der Waals surface area contributed by atoms with E-state index in [1.54, 1.807) is 0 Å². The zero-order valence-corrected chi connectivity index (χ0v) is 6.75. The van der Waals surface area contributed by atoms with Crippen LogP contribution in [0.2, 0.25) is 0 Å². The molecule has 0 saturated carbocycles. The van der Waals surface area contributed by atoms with Gasteiger partial charge in [-0.15, -0.1) is 11.3 Å². The molecule has 1 heterocycles. The second-order valence-corrected chi connectivity index (χ2v) is 2.88. The van der Waals surface area contributed by atoms with Crippen molar-refractivity contribution in [1.29, 1.82) is 0 Å². The van der Waals surface area contributed by atoms with E-state index in [0.29, 0.717) is 11.3 Å². The summed E-state index contributed by atoms with van der Waals surface area (Å²) in [4.78, 5) is 24.8. The van der Waals surface area contributed by atoms with Crippen LogP contribution in [0.25, 0.3) is 0 Å². The van der Waals surface area contributed by atoms with Crippen molar-refractivity contribution in [2.75, 3.05) is 0 Å². The van der Waals surface area contributed by atoms with Crippen molar-refractivity contribution in [1.82, 2.24) is 10.3 Å². The number of thiazole rings is 1. The van der Waals surface area contributed by atoms with E-state index in [4.69, 9.17) is 5.11 Å². The molecule has 0 aliphatic carbocycles. The van der Waals surface area contributed by atoms with Gasteiger partial charge in [0.05, 0.1) is 10.4 Å². The molecule has 1 aromatic heterocycles. The topological polar surface area (TPSA) is 79.3 Å². The molecule has 0 saturated heterocycles. The lowest BCUT2D eigenvalue weighted by Crippen LogP contribution is -2.26. The molecule has 1 amide bonds. The first kappa shape index (κ1) is 8.66. The highest BCUT2D eigenvalue weighted by atomic mass is 32.1. The van der Waals surface area contributed by atoms with Gasteiger partial charge in [-0.2, -0.15) is 0 Å². The zero-order valence-electron chi connectivity index (χ0n) is 5.93. The Labute approximate surface area is 72.1 Å². The average Bonchev–Trinajstić information content (AvgIpc) is 2.51. The van der Waals surface area contributed by atoms with Gasteiger partial charge in [-0.05, 0) is 0 Å². The summed E-state index contributed by atoms with van der Waals surface area (Å²) in [5.74, 6) is -1.09. The van der Waals surface area contributed by atoms with Crippen molar-refractivity contribution < 1.29 is 14.7 Å². The lowest BCUT2D eigenvalue weighted by atomic mass is 10.3. The summed E-state index contributed by atoms with van der Waals surface area (Å²) >= 11 is 1.19. The molecule has 0 fully saturated rings. The van der Waals surface area contributed by atoms with Crippen LogP contribution in [0.3, 0.4) is 0 Å². The highest BCUT2D eigenvalue weighted by molar-refractivity contribution is 7.09. The van der Waals surface area contributed by atoms with Gasteiger partial charge >= 0.3 is 5.97 Å². The minimum absolute atomic E-state index is 0.360. The number of hydrogen-bond donors (Lipinski definition) is 2. The van der Waals surface area contributed by atoms with Crippen LogP contribution in [-0.4, -0.2) is 22.5 Å². The van der Waals surface area contributed by atoms with E-state index in [1.807, 2.05) is 0 Å². The molecule has 0 aliphatic heterocycles. The summed E-state index contributed by atoms with van der Waals surface area (Å²) in [6.07, 6.45) is 1.78. The number of rotatable bonds is 4. The highest BCUT2D eigenvalue weighted by Crippen LogP contribution is 2.16. The first-order valence-corrected chi connectivity index (χ1v) is 3.94. The van der Waals surface area contributed by atoms with Crippen molar-refractivity contribution in [3.63, 3.8) is 0 Å². The van der Waals surface area contributed by atoms with Gasteiger partial charge in [-0.1, -0.05) is 0 Å². The van der Waals surface area contributed by atoms with Crippen LogP contribution < -0.4 is 5.32 Å². The number of hydrogen-bond acceptors (Lipinski definition) is 4. The normalized spacial score (nSPS) is 12.0. The van der Waals surface area contributed by atoms with E-state index >= 15 is 0 Å². The van der Waals surface area contributed by atoms with Crippen LogP contribution in [0.1, 0.15) is 10.9 Å². The van der Waals surface area contributed by atoms with Crippen LogP contribution in [-0.2, 0) is 9.59 Å². The lowest BCUT2D eigenvalue weighted by molar-refractivity contribution is -0.140. The minimum Gasteiger partial charge on any atom is -0.479 e. The average molecular weight is 186 g/mol. The maximum Gasteiger partial charge on any atom is 0.331 e. The quantitative estimate of drug-likeness (QED) is 0.649. The van der Waals surface area contributed by atoms with Crippen molar-refractivity contribution in [3.8, 4) is 0 Å². The molecule has 1 aromatic rings. The predicted octanol–water partition coefficient (Wildman–Crippen LogP) is 0.0148. The van der Waals surface area contributed by atoms with E-state index < -0.39 is 12.0 Å². The van der Waals surface area contributed by atoms with Gasteiger partial charge in [0.2, 0.25) is 6.41 Å². The second kappa shape index (κ2) is 3.82. The predicted molar refractivity (Wildman–Crippen MR) is 41.7 cm³/mol. The number of nitrogens with zero attached hydrogens (tertiary/aromatic N) is 1. The van der Waals surface area contributed by atoms with Crippen molar-refractivity contribution in [2.45, 2.75) is 6.04 Å². The maximum atomic E-state index is 10.5. The first-order chi connectivity index (χ1) is 5.75. The Morgan fingerprint density at radius 2 is 2.58 bits per heavy atom. The summed E-state index contributed by atoms with van der Waals surface area (Å²) in [6, 6.07) is -0.977. The molecule has 2 N–H and O–H groups in total. The fraction of sp³-hybridized carbons (Fsp3) is 0.167. The third-order valence-electron chi connectivity index (χ3n) is 1.22. The number of aliphatic carboxylic acids is 1. The van der Waals surface area contributed by atoms with Crippen molar-refractivity contribution in [2.24, 2.45) is 0 Å². The van der Waals surface area contributed by atoms with E-state index in [-0.39, 0.29) is 0 Å². The molecule has 0 radical (unpaired) electrons. The molecular formula is C6H6N2O3S. The summed E-state index contributed by atoms with van der Waals surface area (Å²) in [7, 11) is 0. The third-order valence-corrected chi connectivity index (χ3v) is 2.06. The molecule has 1 unspecified atom stereocenters. The van der Waals surface area contributed by atoms with Gasteiger partial charge < -0.3 is 10.4 Å². The summed E-state index contributed by atoms with van der Waals surface area (Å²) in [5, 5.41) is 10.8. The molecule has 5 nitrogen and oxygen atoms in total. The van der Waals surface area contributed by atoms with Gasteiger partial charge in [-0.25, -0.2) is 4.79 Å². The van der Waals surface area contributed by atoms with Crippen LogP contribution in [0.15, 0.2) is 11.7 Å². The van der Waals surface area contributed by atoms with Gasteiger partial charge in [-0.3, -0.25) is 9.78 Å². The Balaban J connectivity index is 2.80. The molecule has 0 spiro atoms. The molecule has 0 aliphatic rings. The Morgan fingerprint density at radius 3 is 3.00 bits per heavy atom. The summed E-state index contributed by atoms with van der Waals surface area (Å²) in [5.41, 5.74) is 1.51. The molecule has 6 heteroatoms. The number of carbonyl (C=O) groups excluding carboxylic acids is 1. The molecule has 1 atom stereocenters. The van der Waals surface area contributed by atoms with Crippen molar-refractivity contribution in [3.05, 3.63) is 16.6 Å². The Hall–Kier alpha value is -1.43. The minimum atomic E-state index is -1.09. The molecule has 64 valence electrons. The SMILES string of the molecule is O=CNC(C(=O)O)c1cncs1. The first-order valence-electron chi connectivity index (χ1n) is 3.06. The standard InChI is InChI=1S/C6H6N2O3S/c9-2-8-5(6(10)11)4-1-7-3-12-4/h1-3,5H,(H,8,9)(H,10,11). The van der Waals surface area contributed by atoms with E-state index in [0.717, 1.165) is 0 Å². The fourth-order valence-corrected chi connectivity index (χ4v) is 1.38.